The topological polar surface area (TPSA) is 51.0 Å². The van der Waals surface area contributed by atoms with Crippen molar-refractivity contribution in [1.82, 2.24) is 15.5 Å². The van der Waals surface area contributed by atoms with Crippen LogP contribution in [0.2, 0.25) is 0 Å². The normalized spacial score (nSPS) is 14.7. The van der Waals surface area contributed by atoms with Crippen LogP contribution in [0.3, 0.4) is 0 Å². The summed E-state index contributed by atoms with van der Waals surface area (Å²) in [6.07, 6.45) is 1.17. The lowest BCUT2D eigenvalue weighted by atomic mass is 10.2. The first-order valence-electron chi connectivity index (χ1n) is 6.09. The summed E-state index contributed by atoms with van der Waals surface area (Å²) in [5.41, 5.74) is 1.44. The van der Waals surface area contributed by atoms with Gasteiger partial charge in [-0.3, -0.25) is 0 Å². The molecule has 6 heteroatoms. The number of hydrogen-bond acceptors (Lipinski definition) is 6. The summed E-state index contributed by atoms with van der Waals surface area (Å²) < 4.78 is 5.67. The molecule has 3 rings (SSSR count). The number of aryl methyl sites for hydroxylation is 1. The zero-order chi connectivity index (χ0) is 12.4. The Hall–Kier alpha value is -0.850. The summed E-state index contributed by atoms with van der Waals surface area (Å²) in [7, 11) is 0. The molecule has 0 amide bonds. The molecule has 3 heterocycles. The number of thiophene rings is 1. The summed E-state index contributed by atoms with van der Waals surface area (Å²) in [5.74, 6) is 3.66. The average Bonchev–Trinajstić information content (AvgIpc) is 3.02. The maximum atomic E-state index is 5.67. The maximum Gasteiger partial charge on any atom is 0.257 e. The number of aromatic nitrogens is 2. The fraction of sp³-hybridized carbons (Fsp3) is 0.500. The molecule has 18 heavy (non-hydrogen) atoms. The fourth-order valence-corrected chi connectivity index (χ4v) is 4.20. The van der Waals surface area contributed by atoms with Gasteiger partial charge in [-0.25, -0.2) is 0 Å². The van der Waals surface area contributed by atoms with Gasteiger partial charge in [0.1, 0.15) is 0 Å². The van der Waals surface area contributed by atoms with E-state index in [0.29, 0.717) is 18.3 Å². The Labute approximate surface area is 114 Å². The van der Waals surface area contributed by atoms with E-state index in [0.717, 1.165) is 17.2 Å². The third-order valence-corrected chi connectivity index (χ3v) is 5.06. The van der Waals surface area contributed by atoms with Crippen LogP contribution in [-0.2, 0) is 18.7 Å². The van der Waals surface area contributed by atoms with E-state index < -0.39 is 0 Å². The van der Waals surface area contributed by atoms with Gasteiger partial charge in [-0.05, 0) is 30.3 Å². The third kappa shape index (κ3) is 2.46. The molecule has 2 aromatic rings. The van der Waals surface area contributed by atoms with Gasteiger partial charge in [0.2, 0.25) is 5.89 Å². The minimum atomic E-state index is 0.643. The summed E-state index contributed by atoms with van der Waals surface area (Å²) in [6, 6.07) is 2.21. The minimum absolute atomic E-state index is 0.643. The van der Waals surface area contributed by atoms with Crippen LogP contribution >= 0.6 is 23.1 Å². The van der Waals surface area contributed by atoms with E-state index in [-0.39, 0.29) is 0 Å². The van der Waals surface area contributed by atoms with Gasteiger partial charge < -0.3 is 9.73 Å². The predicted molar refractivity (Wildman–Crippen MR) is 74.9 cm³/mol. The zero-order valence-corrected chi connectivity index (χ0v) is 11.9. The Balaban J connectivity index is 1.81. The highest BCUT2D eigenvalue weighted by atomic mass is 32.2. The molecule has 0 aliphatic carbocycles. The standard InChI is InChI=1S/C12H15N3OS2/c1-2-13-6-11-14-15-12(16-11)10-5-8-7-17-4-3-9(8)18-10/h5,13H,2-4,6-7H2,1H3. The molecule has 2 aromatic heterocycles. The molecular weight excluding hydrogens is 266 g/mol. The van der Waals surface area contributed by atoms with Crippen molar-refractivity contribution in [2.24, 2.45) is 0 Å². The Morgan fingerprint density at radius 3 is 3.22 bits per heavy atom. The molecule has 4 nitrogen and oxygen atoms in total. The molecule has 0 aromatic carbocycles. The van der Waals surface area contributed by atoms with E-state index in [2.05, 4.69) is 28.5 Å². The summed E-state index contributed by atoms with van der Waals surface area (Å²) in [5, 5.41) is 11.4. The fourth-order valence-electron chi connectivity index (χ4n) is 1.91. The zero-order valence-electron chi connectivity index (χ0n) is 10.2. The number of nitrogens with one attached hydrogen (secondary N) is 1. The quantitative estimate of drug-likeness (QED) is 0.934. The van der Waals surface area contributed by atoms with Crippen molar-refractivity contribution < 1.29 is 4.42 Å². The second-order valence-electron chi connectivity index (χ2n) is 4.14. The lowest BCUT2D eigenvalue weighted by molar-refractivity contribution is 0.483. The van der Waals surface area contributed by atoms with Crippen molar-refractivity contribution in [2.45, 2.75) is 25.6 Å². The van der Waals surface area contributed by atoms with Crippen molar-refractivity contribution in [3.8, 4) is 10.8 Å². The molecule has 1 aliphatic rings. The molecule has 0 atom stereocenters. The largest absolute Gasteiger partial charge is 0.419 e. The number of fused-ring (bicyclic) bond motifs is 1. The van der Waals surface area contributed by atoms with Crippen molar-refractivity contribution in [2.75, 3.05) is 12.3 Å². The average molecular weight is 281 g/mol. The van der Waals surface area contributed by atoms with E-state index in [4.69, 9.17) is 4.42 Å². The first kappa shape index (κ1) is 12.2. The van der Waals surface area contributed by atoms with Crippen LogP contribution in [-0.4, -0.2) is 22.5 Å². The van der Waals surface area contributed by atoms with Crippen molar-refractivity contribution in [1.29, 1.82) is 0 Å². The summed E-state index contributed by atoms with van der Waals surface area (Å²) >= 11 is 3.79. The molecule has 1 N–H and O–H groups in total. The highest BCUT2D eigenvalue weighted by Gasteiger charge is 2.17. The molecule has 0 spiro atoms. The smallest absolute Gasteiger partial charge is 0.257 e. The van der Waals surface area contributed by atoms with E-state index in [1.807, 2.05) is 11.8 Å². The molecular formula is C12H15N3OS2. The monoisotopic (exact) mass is 281 g/mol. The van der Waals surface area contributed by atoms with Gasteiger partial charge in [0.15, 0.2) is 0 Å². The SMILES string of the molecule is CCNCc1nnc(-c2cc3c(s2)CCSC3)o1. The second-order valence-corrected chi connectivity index (χ2v) is 6.38. The van der Waals surface area contributed by atoms with Gasteiger partial charge in [0, 0.05) is 10.6 Å². The van der Waals surface area contributed by atoms with Crippen molar-refractivity contribution >= 4 is 23.1 Å². The van der Waals surface area contributed by atoms with Crippen LogP contribution in [0.1, 0.15) is 23.3 Å². The van der Waals surface area contributed by atoms with Crippen molar-refractivity contribution in [3.05, 3.63) is 22.4 Å². The van der Waals surface area contributed by atoms with Crippen molar-refractivity contribution in [3.63, 3.8) is 0 Å². The van der Waals surface area contributed by atoms with E-state index in [1.165, 1.54) is 22.6 Å². The predicted octanol–water partition coefficient (Wildman–Crippen LogP) is 2.70. The first-order valence-corrected chi connectivity index (χ1v) is 8.06. The summed E-state index contributed by atoms with van der Waals surface area (Å²) in [6.45, 7) is 3.61. The van der Waals surface area contributed by atoms with Gasteiger partial charge in [-0.2, -0.15) is 11.8 Å². The van der Waals surface area contributed by atoms with Gasteiger partial charge in [0.25, 0.3) is 5.89 Å². The maximum absolute atomic E-state index is 5.67. The Bertz CT molecular complexity index is 512. The van der Waals surface area contributed by atoms with Crippen LogP contribution in [0.25, 0.3) is 10.8 Å². The van der Waals surface area contributed by atoms with Gasteiger partial charge in [-0.15, -0.1) is 21.5 Å². The van der Waals surface area contributed by atoms with E-state index in [9.17, 15) is 0 Å². The van der Waals surface area contributed by atoms with Gasteiger partial charge >= 0.3 is 0 Å². The first-order chi connectivity index (χ1) is 8.86. The molecule has 0 saturated heterocycles. The van der Waals surface area contributed by atoms with Crippen LogP contribution in [0.5, 0.6) is 0 Å². The molecule has 0 radical (unpaired) electrons. The number of hydrogen-bond donors (Lipinski definition) is 1. The Morgan fingerprint density at radius 2 is 2.39 bits per heavy atom. The van der Waals surface area contributed by atoms with Gasteiger partial charge in [0.05, 0.1) is 11.4 Å². The number of thioether (sulfide) groups is 1. The van der Waals surface area contributed by atoms with Crippen LogP contribution in [0.4, 0.5) is 0 Å². The molecule has 0 bridgehead atoms. The van der Waals surface area contributed by atoms with E-state index in [1.54, 1.807) is 11.3 Å². The molecule has 96 valence electrons. The lowest BCUT2D eigenvalue weighted by Crippen LogP contribution is -2.11. The highest BCUT2D eigenvalue weighted by Crippen LogP contribution is 2.36. The summed E-state index contributed by atoms with van der Waals surface area (Å²) in [4.78, 5) is 2.59. The number of rotatable bonds is 4. The van der Waals surface area contributed by atoms with Crippen LogP contribution in [0, 0.1) is 0 Å². The Kier molecular flexibility index (Phi) is 3.67. The molecule has 0 unspecified atom stereocenters. The Morgan fingerprint density at radius 1 is 1.44 bits per heavy atom. The molecule has 0 fully saturated rings. The van der Waals surface area contributed by atoms with E-state index >= 15 is 0 Å². The van der Waals surface area contributed by atoms with Crippen LogP contribution < -0.4 is 5.32 Å². The second kappa shape index (κ2) is 5.42. The third-order valence-electron chi connectivity index (χ3n) is 2.83. The highest BCUT2D eigenvalue weighted by molar-refractivity contribution is 7.98. The molecule has 1 aliphatic heterocycles. The van der Waals surface area contributed by atoms with Crippen LogP contribution in [0.15, 0.2) is 10.5 Å². The molecule has 0 saturated carbocycles. The van der Waals surface area contributed by atoms with Gasteiger partial charge in [-0.1, -0.05) is 6.92 Å². The number of nitrogens with zero attached hydrogens (tertiary/aromatic N) is 2. The minimum Gasteiger partial charge on any atom is -0.419 e. The lowest BCUT2D eigenvalue weighted by Gasteiger charge is -2.08.